The van der Waals surface area contributed by atoms with Crippen LogP contribution in [0.4, 0.5) is 17.2 Å². The van der Waals surface area contributed by atoms with E-state index in [-0.39, 0.29) is 5.91 Å². The highest BCUT2D eigenvalue weighted by molar-refractivity contribution is 6.31. The van der Waals surface area contributed by atoms with Gasteiger partial charge in [0.2, 0.25) is 0 Å². The van der Waals surface area contributed by atoms with Crippen LogP contribution in [-0.4, -0.2) is 24.1 Å². The van der Waals surface area contributed by atoms with Gasteiger partial charge in [-0.1, -0.05) is 17.7 Å². The van der Waals surface area contributed by atoms with Gasteiger partial charge in [0.25, 0.3) is 5.91 Å². The number of anilines is 3. The number of carbonyl (C=O) groups excluding carboxylic acids is 1. The number of rotatable bonds is 4. The third kappa shape index (κ3) is 4.12. The average molecular weight is 382 g/mol. The summed E-state index contributed by atoms with van der Waals surface area (Å²) in [6.07, 6.45) is 1.58. The van der Waals surface area contributed by atoms with Crippen LogP contribution in [-0.2, 0) is 0 Å². The fourth-order valence-corrected chi connectivity index (χ4v) is 2.87. The van der Waals surface area contributed by atoms with Crippen molar-refractivity contribution in [1.82, 2.24) is 4.98 Å². The normalized spacial score (nSPS) is 12.3. The summed E-state index contributed by atoms with van der Waals surface area (Å²) < 4.78 is 11.1. The number of amides is 1. The van der Waals surface area contributed by atoms with Crippen LogP contribution in [0.25, 0.3) is 0 Å². The molecule has 3 aromatic rings. The number of pyridine rings is 1. The Hall–Kier alpha value is -3.25. The number of fused-ring (bicyclic) bond motifs is 1. The van der Waals surface area contributed by atoms with Gasteiger partial charge in [0.1, 0.15) is 19.0 Å². The van der Waals surface area contributed by atoms with Crippen LogP contribution in [0.15, 0.2) is 60.8 Å². The number of halogens is 1. The van der Waals surface area contributed by atoms with Crippen LogP contribution < -0.4 is 20.1 Å². The summed E-state index contributed by atoms with van der Waals surface area (Å²) in [5, 5.41) is 6.55. The lowest BCUT2D eigenvalue weighted by Crippen LogP contribution is -2.15. The molecule has 27 heavy (non-hydrogen) atoms. The van der Waals surface area contributed by atoms with Gasteiger partial charge in [-0.2, -0.15) is 0 Å². The van der Waals surface area contributed by atoms with Crippen molar-refractivity contribution in [3.63, 3.8) is 0 Å². The number of aromatic nitrogens is 1. The summed E-state index contributed by atoms with van der Waals surface area (Å²) in [4.78, 5) is 16.7. The van der Waals surface area contributed by atoms with E-state index in [1.807, 2.05) is 18.2 Å². The molecule has 7 heteroatoms. The highest BCUT2D eigenvalue weighted by Crippen LogP contribution is 2.33. The van der Waals surface area contributed by atoms with Gasteiger partial charge in [0, 0.05) is 34.2 Å². The van der Waals surface area contributed by atoms with Crippen LogP contribution in [0.3, 0.4) is 0 Å². The zero-order valence-electron chi connectivity index (χ0n) is 14.2. The molecule has 0 unspecified atom stereocenters. The average Bonchev–Trinajstić information content (AvgIpc) is 2.68. The van der Waals surface area contributed by atoms with E-state index in [1.54, 1.807) is 42.6 Å². The van der Waals surface area contributed by atoms with Gasteiger partial charge in [-0.25, -0.2) is 4.98 Å². The largest absolute Gasteiger partial charge is 0.486 e. The summed E-state index contributed by atoms with van der Waals surface area (Å²) >= 11 is 5.95. The Labute approximate surface area is 161 Å². The predicted octanol–water partition coefficient (Wildman–Crippen LogP) is 4.50. The molecular formula is C20H16ClN3O3. The van der Waals surface area contributed by atoms with Gasteiger partial charge in [-0.3, -0.25) is 4.79 Å². The van der Waals surface area contributed by atoms with E-state index >= 15 is 0 Å². The molecule has 2 heterocycles. The van der Waals surface area contributed by atoms with Crippen LogP contribution in [0.1, 0.15) is 10.4 Å². The van der Waals surface area contributed by atoms with E-state index in [1.165, 1.54) is 0 Å². The summed E-state index contributed by atoms with van der Waals surface area (Å²) in [5.74, 6) is 1.70. The number of carbonyl (C=O) groups is 1. The van der Waals surface area contributed by atoms with Crippen molar-refractivity contribution < 1.29 is 14.3 Å². The SMILES string of the molecule is O=C(Nc1cccc(Cl)c1)c1ccnc(Nc2ccc3c(c2)OCCO3)c1. The van der Waals surface area contributed by atoms with Crippen molar-refractivity contribution in [3.8, 4) is 11.5 Å². The lowest BCUT2D eigenvalue weighted by atomic mass is 10.2. The molecule has 0 atom stereocenters. The summed E-state index contributed by atoms with van der Waals surface area (Å²) in [6, 6.07) is 15.9. The Bertz CT molecular complexity index is 994. The molecule has 0 fully saturated rings. The van der Waals surface area contributed by atoms with E-state index in [9.17, 15) is 4.79 Å². The van der Waals surface area contributed by atoms with E-state index in [0.717, 1.165) is 11.4 Å². The highest BCUT2D eigenvalue weighted by atomic mass is 35.5. The number of hydrogen-bond acceptors (Lipinski definition) is 5. The zero-order valence-corrected chi connectivity index (χ0v) is 15.0. The molecule has 0 radical (unpaired) electrons. The summed E-state index contributed by atoms with van der Waals surface area (Å²) in [5.41, 5.74) is 1.90. The van der Waals surface area contributed by atoms with Crippen molar-refractivity contribution in [2.24, 2.45) is 0 Å². The van der Waals surface area contributed by atoms with Crippen molar-refractivity contribution in [2.45, 2.75) is 0 Å². The molecule has 4 rings (SSSR count). The predicted molar refractivity (Wildman–Crippen MR) is 104 cm³/mol. The smallest absolute Gasteiger partial charge is 0.255 e. The standard InChI is InChI=1S/C20H16ClN3O3/c21-14-2-1-3-15(11-14)24-20(25)13-6-7-22-19(10-13)23-16-4-5-17-18(12-16)27-9-8-26-17/h1-7,10-12H,8-9H2,(H,22,23)(H,24,25). The third-order valence-corrected chi connectivity index (χ3v) is 4.15. The van der Waals surface area contributed by atoms with Crippen LogP contribution >= 0.6 is 11.6 Å². The Morgan fingerprint density at radius 3 is 2.67 bits per heavy atom. The fraction of sp³-hybridized carbons (Fsp3) is 0.100. The lowest BCUT2D eigenvalue weighted by Gasteiger charge is -2.19. The minimum atomic E-state index is -0.245. The second kappa shape index (κ2) is 7.55. The van der Waals surface area contributed by atoms with Gasteiger partial charge >= 0.3 is 0 Å². The van der Waals surface area contributed by atoms with Crippen molar-refractivity contribution in [2.75, 3.05) is 23.8 Å². The van der Waals surface area contributed by atoms with E-state index in [0.29, 0.717) is 41.1 Å². The van der Waals surface area contributed by atoms with E-state index < -0.39 is 0 Å². The monoisotopic (exact) mass is 381 g/mol. The summed E-state index contributed by atoms with van der Waals surface area (Å²) in [6.45, 7) is 1.07. The number of nitrogens with one attached hydrogen (secondary N) is 2. The van der Waals surface area contributed by atoms with E-state index in [4.69, 9.17) is 21.1 Å². The number of ether oxygens (including phenoxy) is 2. The molecule has 6 nitrogen and oxygen atoms in total. The first-order valence-electron chi connectivity index (χ1n) is 8.37. The maximum absolute atomic E-state index is 12.5. The molecule has 1 aliphatic rings. The Morgan fingerprint density at radius 2 is 1.81 bits per heavy atom. The molecule has 1 aliphatic heterocycles. The Morgan fingerprint density at radius 1 is 0.963 bits per heavy atom. The first-order chi connectivity index (χ1) is 13.2. The first kappa shape index (κ1) is 17.2. The molecule has 2 N–H and O–H groups in total. The van der Waals surface area contributed by atoms with Crippen LogP contribution in [0, 0.1) is 0 Å². The fourth-order valence-electron chi connectivity index (χ4n) is 2.68. The quantitative estimate of drug-likeness (QED) is 0.696. The third-order valence-electron chi connectivity index (χ3n) is 3.92. The van der Waals surface area contributed by atoms with E-state index in [2.05, 4.69) is 15.6 Å². The van der Waals surface area contributed by atoms with Gasteiger partial charge in [-0.15, -0.1) is 0 Å². The minimum absolute atomic E-state index is 0.245. The molecule has 136 valence electrons. The second-order valence-electron chi connectivity index (χ2n) is 5.88. The van der Waals surface area contributed by atoms with Crippen molar-refractivity contribution in [3.05, 3.63) is 71.4 Å². The Kier molecular flexibility index (Phi) is 4.80. The highest BCUT2D eigenvalue weighted by Gasteiger charge is 2.13. The number of hydrogen-bond donors (Lipinski definition) is 2. The van der Waals surface area contributed by atoms with Crippen molar-refractivity contribution >= 4 is 34.7 Å². The van der Waals surface area contributed by atoms with Gasteiger partial charge in [0.05, 0.1) is 0 Å². The molecule has 1 aromatic heterocycles. The molecule has 0 bridgehead atoms. The van der Waals surface area contributed by atoms with Gasteiger partial charge in [0.15, 0.2) is 11.5 Å². The number of benzene rings is 2. The van der Waals surface area contributed by atoms with Crippen LogP contribution in [0.5, 0.6) is 11.5 Å². The van der Waals surface area contributed by atoms with Gasteiger partial charge < -0.3 is 20.1 Å². The molecule has 0 spiro atoms. The first-order valence-corrected chi connectivity index (χ1v) is 8.75. The lowest BCUT2D eigenvalue weighted by molar-refractivity contribution is 0.102. The molecule has 0 aliphatic carbocycles. The molecule has 1 amide bonds. The zero-order chi connectivity index (χ0) is 18.6. The molecule has 2 aromatic carbocycles. The minimum Gasteiger partial charge on any atom is -0.486 e. The van der Waals surface area contributed by atoms with Gasteiger partial charge in [-0.05, 0) is 42.5 Å². The number of nitrogens with zero attached hydrogens (tertiary/aromatic N) is 1. The summed E-state index contributed by atoms with van der Waals surface area (Å²) in [7, 11) is 0. The topological polar surface area (TPSA) is 72.5 Å². The maximum Gasteiger partial charge on any atom is 0.255 e. The second-order valence-corrected chi connectivity index (χ2v) is 6.31. The molecule has 0 saturated heterocycles. The molecule has 0 saturated carbocycles. The maximum atomic E-state index is 12.5. The van der Waals surface area contributed by atoms with Crippen molar-refractivity contribution in [1.29, 1.82) is 0 Å². The van der Waals surface area contributed by atoms with Crippen LogP contribution in [0.2, 0.25) is 5.02 Å². The molecular weight excluding hydrogens is 366 g/mol. The Balaban J connectivity index is 1.49.